The van der Waals surface area contributed by atoms with Crippen molar-refractivity contribution >= 4 is 46.2 Å². The van der Waals surface area contributed by atoms with Crippen LogP contribution in [0, 0.1) is 0 Å². The maximum atomic E-state index is 6.29. The Hall–Kier alpha value is -1.53. The third-order valence-corrected chi connectivity index (χ3v) is 5.34. The molecule has 0 saturated carbocycles. The zero-order valence-corrected chi connectivity index (χ0v) is 16.9. The minimum atomic E-state index is 0.555. The fraction of sp³-hybridized carbons (Fsp3) is 0.316. The van der Waals surface area contributed by atoms with Crippen molar-refractivity contribution in [2.45, 2.75) is 13.0 Å². The van der Waals surface area contributed by atoms with Crippen LogP contribution in [0.15, 0.2) is 42.5 Å². The van der Waals surface area contributed by atoms with Gasteiger partial charge in [-0.25, -0.2) is 0 Å². The van der Waals surface area contributed by atoms with E-state index in [1.807, 2.05) is 36.4 Å². The molecule has 3 rings (SSSR count). The Morgan fingerprint density at radius 1 is 1.15 bits per heavy atom. The lowest BCUT2D eigenvalue weighted by atomic mass is 10.2. The monoisotopic (exact) mass is 409 g/mol. The van der Waals surface area contributed by atoms with Gasteiger partial charge in [-0.15, -0.1) is 0 Å². The topological polar surface area (TPSA) is 27.7 Å². The van der Waals surface area contributed by atoms with E-state index >= 15 is 0 Å². The number of rotatable bonds is 4. The molecular weight excluding hydrogens is 389 g/mol. The van der Waals surface area contributed by atoms with Crippen LogP contribution < -0.4 is 10.1 Å². The minimum absolute atomic E-state index is 0.555. The number of anilines is 1. The van der Waals surface area contributed by atoms with Gasteiger partial charge in [-0.05, 0) is 48.5 Å². The summed E-state index contributed by atoms with van der Waals surface area (Å²) in [5.41, 5.74) is 1.99. The predicted octanol–water partition coefficient (Wildman–Crippen LogP) is 4.86. The van der Waals surface area contributed by atoms with Crippen LogP contribution in [-0.4, -0.2) is 41.8 Å². The van der Waals surface area contributed by atoms with Crippen molar-refractivity contribution in [3.8, 4) is 5.75 Å². The number of benzene rings is 2. The van der Waals surface area contributed by atoms with Crippen molar-refractivity contribution < 1.29 is 4.74 Å². The second-order valence-corrected chi connectivity index (χ2v) is 7.38. The summed E-state index contributed by atoms with van der Waals surface area (Å²) in [5, 5.41) is 5.31. The quantitative estimate of drug-likeness (QED) is 0.727. The lowest BCUT2D eigenvalue weighted by molar-refractivity contribution is 0.134. The van der Waals surface area contributed by atoms with Gasteiger partial charge in [0.2, 0.25) is 0 Å². The lowest BCUT2D eigenvalue weighted by Crippen LogP contribution is -2.48. The third kappa shape index (κ3) is 4.80. The molecule has 0 radical (unpaired) electrons. The largest absolute Gasteiger partial charge is 0.495 e. The highest BCUT2D eigenvalue weighted by Gasteiger charge is 2.20. The molecule has 26 heavy (non-hydrogen) atoms. The highest BCUT2D eigenvalue weighted by Crippen LogP contribution is 2.27. The standard InChI is InChI=1S/C19H21Cl2N3OS/c1-25-18-8-7-15(11-17(18)21)22-19(26)24-10-4-9-23(13-24)12-14-5-2-3-6-16(14)20/h2-3,5-8,11H,4,9-10,12-13H2,1H3,(H,22,26). The summed E-state index contributed by atoms with van der Waals surface area (Å²) in [6, 6.07) is 13.5. The summed E-state index contributed by atoms with van der Waals surface area (Å²) < 4.78 is 5.18. The van der Waals surface area contributed by atoms with Gasteiger partial charge in [0, 0.05) is 30.3 Å². The first-order valence-electron chi connectivity index (χ1n) is 8.42. The van der Waals surface area contributed by atoms with Crippen LogP contribution in [0.3, 0.4) is 0 Å². The molecule has 0 spiro atoms. The zero-order chi connectivity index (χ0) is 18.5. The van der Waals surface area contributed by atoms with Gasteiger partial charge in [0.15, 0.2) is 5.11 Å². The van der Waals surface area contributed by atoms with Gasteiger partial charge in [-0.2, -0.15) is 0 Å². The number of hydrogen-bond acceptors (Lipinski definition) is 3. The number of hydrogen-bond donors (Lipinski definition) is 1. The molecule has 2 aromatic carbocycles. The number of halogens is 2. The summed E-state index contributed by atoms with van der Waals surface area (Å²) in [6.45, 7) is 3.53. The second-order valence-electron chi connectivity index (χ2n) is 6.18. The van der Waals surface area contributed by atoms with Crippen LogP contribution >= 0.6 is 35.4 Å². The molecule has 2 aromatic rings. The number of nitrogens with one attached hydrogen (secondary N) is 1. The van der Waals surface area contributed by atoms with Crippen LogP contribution in [0.25, 0.3) is 0 Å². The van der Waals surface area contributed by atoms with Crippen LogP contribution in [0.5, 0.6) is 5.75 Å². The molecule has 1 heterocycles. The van der Waals surface area contributed by atoms with E-state index in [4.69, 9.17) is 40.2 Å². The number of nitrogens with zero attached hydrogens (tertiary/aromatic N) is 2. The van der Waals surface area contributed by atoms with E-state index in [1.165, 1.54) is 0 Å². The van der Waals surface area contributed by atoms with Crippen LogP contribution in [0.2, 0.25) is 10.0 Å². The first kappa shape index (κ1) is 19.2. The van der Waals surface area contributed by atoms with Gasteiger partial charge in [-0.3, -0.25) is 4.90 Å². The van der Waals surface area contributed by atoms with Crippen LogP contribution in [0.4, 0.5) is 5.69 Å². The number of thiocarbonyl (C=S) groups is 1. The normalized spacial score (nSPS) is 15.0. The van der Waals surface area contributed by atoms with Gasteiger partial charge in [0.25, 0.3) is 0 Å². The number of ether oxygens (including phenoxy) is 1. The Bertz CT molecular complexity index is 787. The molecule has 1 fully saturated rings. The van der Waals surface area contributed by atoms with E-state index < -0.39 is 0 Å². The fourth-order valence-corrected chi connectivity index (χ4v) is 3.70. The fourth-order valence-electron chi connectivity index (χ4n) is 2.98. The van der Waals surface area contributed by atoms with Gasteiger partial charge in [0.05, 0.1) is 18.8 Å². The summed E-state index contributed by atoms with van der Waals surface area (Å²) in [6.07, 6.45) is 1.05. The molecule has 0 amide bonds. The molecule has 0 atom stereocenters. The lowest BCUT2D eigenvalue weighted by Gasteiger charge is -2.37. The average Bonchev–Trinajstić information content (AvgIpc) is 2.64. The van der Waals surface area contributed by atoms with E-state index in [9.17, 15) is 0 Å². The third-order valence-electron chi connectivity index (χ3n) is 4.32. The van der Waals surface area contributed by atoms with Crippen LogP contribution in [0.1, 0.15) is 12.0 Å². The number of methoxy groups -OCH3 is 1. The highest BCUT2D eigenvalue weighted by atomic mass is 35.5. The molecule has 1 aliphatic rings. The Morgan fingerprint density at radius 3 is 2.69 bits per heavy atom. The van der Waals surface area contributed by atoms with Crippen molar-refractivity contribution in [3.63, 3.8) is 0 Å². The van der Waals surface area contributed by atoms with Gasteiger partial charge >= 0.3 is 0 Å². The van der Waals surface area contributed by atoms with Gasteiger partial charge in [0.1, 0.15) is 5.75 Å². The second kappa shape index (κ2) is 8.91. The minimum Gasteiger partial charge on any atom is -0.495 e. The summed E-state index contributed by atoms with van der Waals surface area (Å²) in [4.78, 5) is 4.51. The molecule has 1 saturated heterocycles. The Labute approximate surface area is 169 Å². The van der Waals surface area contributed by atoms with Crippen molar-refractivity contribution in [3.05, 3.63) is 58.1 Å². The molecule has 1 N–H and O–H groups in total. The summed E-state index contributed by atoms with van der Waals surface area (Å²) in [5.74, 6) is 0.645. The smallest absolute Gasteiger partial charge is 0.174 e. The van der Waals surface area contributed by atoms with E-state index in [2.05, 4.69) is 21.2 Å². The molecule has 0 aromatic heterocycles. The predicted molar refractivity (Wildman–Crippen MR) is 112 cm³/mol. The highest BCUT2D eigenvalue weighted by molar-refractivity contribution is 7.80. The van der Waals surface area contributed by atoms with Crippen molar-refractivity contribution in [2.24, 2.45) is 0 Å². The van der Waals surface area contributed by atoms with Gasteiger partial charge < -0.3 is 15.0 Å². The maximum Gasteiger partial charge on any atom is 0.174 e. The first-order chi connectivity index (χ1) is 12.6. The average molecular weight is 410 g/mol. The molecule has 7 heteroatoms. The Morgan fingerprint density at radius 2 is 1.96 bits per heavy atom. The maximum absolute atomic E-state index is 6.29. The Kier molecular flexibility index (Phi) is 6.59. The van der Waals surface area contributed by atoms with Crippen molar-refractivity contribution in [2.75, 3.05) is 32.2 Å². The Balaban J connectivity index is 1.61. The molecule has 0 unspecified atom stereocenters. The molecular formula is C19H21Cl2N3OS. The zero-order valence-electron chi connectivity index (χ0n) is 14.5. The van der Waals surface area contributed by atoms with Crippen molar-refractivity contribution in [1.82, 2.24) is 9.80 Å². The van der Waals surface area contributed by atoms with E-state index in [0.717, 1.165) is 49.0 Å². The molecule has 0 bridgehead atoms. The molecule has 1 aliphatic heterocycles. The van der Waals surface area contributed by atoms with Crippen LogP contribution in [-0.2, 0) is 6.54 Å². The molecule has 138 valence electrons. The molecule has 4 nitrogen and oxygen atoms in total. The first-order valence-corrected chi connectivity index (χ1v) is 9.58. The van der Waals surface area contributed by atoms with Crippen molar-refractivity contribution in [1.29, 1.82) is 0 Å². The molecule has 0 aliphatic carbocycles. The summed E-state index contributed by atoms with van der Waals surface area (Å²) in [7, 11) is 1.60. The van der Waals surface area contributed by atoms with E-state index in [0.29, 0.717) is 15.9 Å². The van der Waals surface area contributed by atoms with E-state index in [-0.39, 0.29) is 0 Å². The SMILES string of the molecule is COc1ccc(NC(=S)N2CCCN(Cc3ccccc3Cl)C2)cc1Cl. The van der Waals surface area contributed by atoms with E-state index in [1.54, 1.807) is 7.11 Å². The van der Waals surface area contributed by atoms with Gasteiger partial charge in [-0.1, -0.05) is 41.4 Å². The summed E-state index contributed by atoms with van der Waals surface area (Å²) >= 11 is 18.1.